The van der Waals surface area contributed by atoms with Crippen molar-refractivity contribution in [2.24, 2.45) is 5.73 Å². The average Bonchev–Trinajstić information content (AvgIpc) is 2.83. The topological polar surface area (TPSA) is 121 Å². The van der Waals surface area contributed by atoms with E-state index in [2.05, 4.69) is 4.98 Å². The van der Waals surface area contributed by atoms with Crippen molar-refractivity contribution >= 4 is 11.7 Å². The van der Waals surface area contributed by atoms with E-state index in [4.69, 9.17) is 20.9 Å². The molecule has 0 spiro atoms. The molecule has 0 saturated heterocycles. The summed E-state index contributed by atoms with van der Waals surface area (Å²) in [6, 6.07) is 17.0. The number of rotatable bonds is 7. The Bertz CT molecular complexity index is 1430. The SMILES string of the molecule is Cc1ccc(C(=O)O)c(Oc2nc(Oc3ccc(N)c(-c4cccc(CN)c4)c3)c(F)cc2F)c1. The normalized spacial score (nSPS) is 10.7. The molecule has 0 aliphatic rings. The Hall–Kier alpha value is -4.50. The largest absolute Gasteiger partial charge is 0.478 e. The number of nitrogens with zero attached hydrogens (tertiary/aromatic N) is 1. The quantitative estimate of drug-likeness (QED) is 0.294. The molecule has 3 aromatic carbocycles. The zero-order valence-corrected chi connectivity index (χ0v) is 18.6. The minimum atomic E-state index is -1.27. The highest BCUT2D eigenvalue weighted by atomic mass is 19.1. The van der Waals surface area contributed by atoms with Gasteiger partial charge in [-0.1, -0.05) is 24.3 Å². The standard InChI is InChI=1S/C26H21F2N3O4/c1-14-5-7-18(26(32)33)23(9-14)35-25-21(28)12-20(27)24(31-25)34-17-6-8-22(30)19(11-17)16-4-2-3-15(10-16)13-29/h2-12H,13,29-30H2,1H3,(H,32,33). The molecule has 1 heterocycles. The summed E-state index contributed by atoms with van der Waals surface area (Å²) < 4.78 is 39.9. The lowest BCUT2D eigenvalue weighted by atomic mass is 10.0. The van der Waals surface area contributed by atoms with Gasteiger partial charge in [-0.3, -0.25) is 0 Å². The van der Waals surface area contributed by atoms with Crippen LogP contribution in [0.3, 0.4) is 0 Å². The van der Waals surface area contributed by atoms with Gasteiger partial charge in [0.05, 0.1) is 0 Å². The van der Waals surface area contributed by atoms with Crippen molar-refractivity contribution in [2.45, 2.75) is 13.5 Å². The van der Waals surface area contributed by atoms with Crippen LogP contribution < -0.4 is 20.9 Å². The fourth-order valence-corrected chi connectivity index (χ4v) is 3.40. The highest BCUT2D eigenvalue weighted by Gasteiger charge is 2.19. The second-order valence-corrected chi connectivity index (χ2v) is 7.72. The Balaban J connectivity index is 1.68. The van der Waals surface area contributed by atoms with E-state index in [0.717, 1.165) is 11.1 Å². The molecule has 4 aromatic rings. The Morgan fingerprint density at radius 3 is 2.43 bits per heavy atom. The molecule has 35 heavy (non-hydrogen) atoms. The highest BCUT2D eigenvalue weighted by molar-refractivity contribution is 5.91. The molecular formula is C26H21F2N3O4. The van der Waals surface area contributed by atoms with Gasteiger partial charge in [0.25, 0.3) is 11.8 Å². The van der Waals surface area contributed by atoms with Crippen LogP contribution in [-0.2, 0) is 6.54 Å². The third kappa shape index (κ3) is 5.20. The number of aryl methyl sites for hydroxylation is 1. The number of aromatic nitrogens is 1. The molecule has 0 bridgehead atoms. The number of carboxylic acid groups (broad SMARTS) is 1. The third-order valence-corrected chi connectivity index (χ3v) is 5.15. The first-order valence-corrected chi connectivity index (χ1v) is 10.5. The summed E-state index contributed by atoms with van der Waals surface area (Å²) in [4.78, 5) is 15.3. The summed E-state index contributed by atoms with van der Waals surface area (Å²) in [5.74, 6) is -4.61. The maximum absolute atomic E-state index is 14.5. The maximum Gasteiger partial charge on any atom is 0.339 e. The van der Waals surface area contributed by atoms with Crippen molar-refractivity contribution in [1.82, 2.24) is 4.98 Å². The molecule has 1 aromatic heterocycles. The molecule has 178 valence electrons. The van der Waals surface area contributed by atoms with Gasteiger partial charge in [-0.2, -0.15) is 4.98 Å². The van der Waals surface area contributed by atoms with Gasteiger partial charge < -0.3 is 26.0 Å². The molecule has 0 amide bonds. The van der Waals surface area contributed by atoms with E-state index in [1.807, 2.05) is 24.3 Å². The van der Waals surface area contributed by atoms with Gasteiger partial charge in [0.15, 0.2) is 11.6 Å². The number of hydrogen-bond donors (Lipinski definition) is 3. The molecule has 0 aliphatic carbocycles. The van der Waals surface area contributed by atoms with Crippen molar-refractivity contribution < 1.29 is 28.2 Å². The van der Waals surface area contributed by atoms with E-state index >= 15 is 0 Å². The van der Waals surface area contributed by atoms with Crippen LogP contribution >= 0.6 is 0 Å². The predicted octanol–water partition coefficient (Wildman–Crippen LogP) is 5.66. The molecule has 0 aliphatic heterocycles. The van der Waals surface area contributed by atoms with E-state index in [0.29, 0.717) is 29.4 Å². The monoisotopic (exact) mass is 477 g/mol. The third-order valence-electron chi connectivity index (χ3n) is 5.15. The summed E-state index contributed by atoms with van der Waals surface area (Å²) in [5, 5.41) is 9.38. The first-order valence-electron chi connectivity index (χ1n) is 10.5. The maximum atomic E-state index is 14.5. The molecule has 9 heteroatoms. The van der Waals surface area contributed by atoms with Crippen LogP contribution in [0, 0.1) is 18.6 Å². The lowest BCUT2D eigenvalue weighted by Gasteiger charge is -2.13. The zero-order chi connectivity index (χ0) is 25.1. The van der Waals surface area contributed by atoms with Crippen molar-refractivity contribution in [3.63, 3.8) is 0 Å². The number of anilines is 1. The Kier molecular flexibility index (Phi) is 6.61. The average molecular weight is 477 g/mol. The van der Waals surface area contributed by atoms with Crippen molar-refractivity contribution in [1.29, 1.82) is 0 Å². The number of carbonyl (C=O) groups is 1. The highest BCUT2D eigenvalue weighted by Crippen LogP contribution is 2.35. The van der Waals surface area contributed by atoms with Gasteiger partial charge in [-0.25, -0.2) is 13.6 Å². The van der Waals surface area contributed by atoms with Crippen LogP contribution in [0.15, 0.2) is 66.7 Å². The van der Waals surface area contributed by atoms with Gasteiger partial charge in [-0.05, 0) is 60.0 Å². The first kappa shape index (κ1) is 23.7. The summed E-state index contributed by atoms with van der Waals surface area (Å²) in [5.41, 5.74) is 15.1. The van der Waals surface area contributed by atoms with Crippen LogP contribution in [-0.4, -0.2) is 16.1 Å². The number of carboxylic acids is 1. The number of benzene rings is 3. The van der Waals surface area contributed by atoms with Crippen molar-refractivity contribution in [3.8, 4) is 34.4 Å². The molecule has 5 N–H and O–H groups in total. The number of ether oxygens (including phenoxy) is 2. The summed E-state index contributed by atoms with van der Waals surface area (Å²) in [6.07, 6.45) is 0. The number of halogens is 2. The van der Waals surface area contributed by atoms with Crippen molar-refractivity contribution in [2.75, 3.05) is 5.73 Å². The van der Waals surface area contributed by atoms with Crippen LogP contribution in [0.5, 0.6) is 23.3 Å². The number of pyridine rings is 1. The zero-order valence-electron chi connectivity index (χ0n) is 18.6. The lowest BCUT2D eigenvalue weighted by molar-refractivity contribution is 0.0694. The van der Waals surface area contributed by atoms with Crippen LogP contribution in [0.1, 0.15) is 21.5 Å². The van der Waals surface area contributed by atoms with Gasteiger partial charge in [-0.15, -0.1) is 0 Å². The Morgan fingerprint density at radius 2 is 1.71 bits per heavy atom. The number of hydrogen-bond acceptors (Lipinski definition) is 6. The van der Waals surface area contributed by atoms with Crippen LogP contribution in [0.25, 0.3) is 11.1 Å². The minimum Gasteiger partial charge on any atom is -0.478 e. The van der Waals surface area contributed by atoms with E-state index in [-0.39, 0.29) is 17.1 Å². The second-order valence-electron chi connectivity index (χ2n) is 7.72. The van der Waals surface area contributed by atoms with Gasteiger partial charge in [0.2, 0.25) is 0 Å². The summed E-state index contributed by atoms with van der Waals surface area (Å²) >= 11 is 0. The molecule has 4 rings (SSSR count). The second kappa shape index (κ2) is 9.78. The van der Waals surface area contributed by atoms with Crippen molar-refractivity contribution in [3.05, 3.63) is 95.1 Å². The van der Waals surface area contributed by atoms with Gasteiger partial charge in [0, 0.05) is 23.9 Å². The van der Waals surface area contributed by atoms with Crippen LogP contribution in [0.4, 0.5) is 14.5 Å². The van der Waals surface area contributed by atoms with Gasteiger partial charge in [0.1, 0.15) is 17.1 Å². The molecule has 0 atom stereocenters. The number of nitrogen functional groups attached to an aromatic ring is 1. The smallest absolute Gasteiger partial charge is 0.339 e. The Morgan fingerprint density at radius 1 is 0.971 bits per heavy atom. The van der Waals surface area contributed by atoms with Gasteiger partial charge >= 0.3 is 5.97 Å². The summed E-state index contributed by atoms with van der Waals surface area (Å²) in [7, 11) is 0. The number of aromatic carboxylic acids is 1. The lowest BCUT2D eigenvalue weighted by Crippen LogP contribution is -2.03. The Labute approximate surface area is 199 Å². The van der Waals surface area contributed by atoms with E-state index in [1.165, 1.54) is 18.2 Å². The molecule has 0 unspecified atom stereocenters. The fraction of sp³-hybridized carbons (Fsp3) is 0.0769. The van der Waals surface area contributed by atoms with E-state index in [1.54, 1.807) is 25.1 Å². The number of nitrogens with two attached hydrogens (primary N) is 2. The van der Waals surface area contributed by atoms with E-state index < -0.39 is 29.4 Å². The fourth-order valence-electron chi connectivity index (χ4n) is 3.40. The van der Waals surface area contributed by atoms with E-state index in [9.17, 15) is 18.7 Å². The molecular weight excluding hydrogens is 456 g/mol. The minimum absolute atomic E-state index is 0.143. The first-order chi connectivity index (χ1) is 16.7. The predicted molar refractivity (Wildman–Crippen MR) is 127 cm³/mol. The van der Waals surface area contributed by atoms with Crippen LogP contribution in [0.2, 0.25) is 0 Å². The molecule has 0 fully saturated rings. The summed E-state index contributed by atoms with van der Waals surface area (Å²) in [6.45, 7) is 2.06. The molecule has 0 radical (unpaired) electrons. The molecule has 7 nitrogen and oxygen atoms in total. The molecule has 0 saturated carbocycles.